The number of carbonyl (C=O) groups is 1. The fraction of sp³-hybridized carbons (Fsp3) is 0.138. The topological polar surface area (TPSA) is 230 Å². The van der Waals surface area contributed by atoms with Gasteiger partial charge in [-0.05, 0) is 152 Å². The summed E-state index contributed by atoms with van der Waals surface area (Å²) in [6.07, 6.45) is 0. The van der Waals surface area contributed by atoms with Crippen LogP contribution < -0.4 is 62.6 Å². The predicted molar refractivity (Wildman–Crippen MR) is 435 cm³/mol. The maximum absolute atomic E-state index is 12.0. The average Bonchev–Trinajstić information content (AvgIpc) is 1.60. The van der Waals surface area contributed by atoms with E-state index in [0.717, 1.165) is 34.1 Å². The average molecular weight is 1530 g/mol. The molecule has 0 radical (unpaired) electrons. The number of fused-ring (bicyclic) bond motifs is 20. The van der Waals surface area contributed by atoms with Crippen molar-refractivity contribution in [2.24, 2.45) is 0 Å². The first kappa shape index (κ1) is 72.8. The Kier molecular flexibility index (Phi) is 19.8. The molecule has 23 nitrogen and oxygen atoms in total. The summed E-state index contributed by atoms with van der Waals surface area (Å²) in [5.74, 6) is 6.21. The second-order valence-electron chi connectivity index (χ2n) is 27.7. The third kappa shape index (κ3) is 15.2. The number of hydrogen-bond donors (Lipinski definition) is 3. The Labute approximate surface area is 652 Å². The molecule has 2 aliphatic heterocycles. The van der Waals surface area contributed by atoms with Gasteiger partial charge in [-0.1, -0.05) is 36.4 Å². The zero-order valence-electron chi connectivity index (χ0n) is 63.1. The summed E-state index contributed by atoms with van der Waals surface area (Å²) >= 11 is 0. The van der Waals surface area contributed by atoms with Crippen molar-refractivity contribution in [3.8, 4) is 126 Å². The Hall–Kier alpha value is -13.7. The quantitative estimate of drug-likeness (QED) is 0.0568. The number of aromatic carboxylic acids is 1. The van der Waals surface area contributed by atoms with E-state index >= 15 is 0 Å². The minimum absolute atomic E-state index is 0. The van der Waals surface area contributed by atoms with Gasteiger partial charge in [0.2, 0.25) is 0 Å². The molecule has 0 amide bonds. The third-order valence-electron chi connectivity index (χ3n) is 18.7. The minimum Gasteiger partial charge on any atom is -0.478 e. The molecule has 0 aliphatic carbocycles. The van der Waals surface area contributed by atoms with E-state index in [0.29, 0.717) is 147 Å². The van der Waals surface area contributed by atoms with Crippen LogP contribution >= 0.6 is 0 Å². The summed E-state index contributed by atoms with van der Waals surface area (Å²) in [7, 11) is 23.7. The monoisotopic (exact) mass is 1520 g/mol. The van der Waals surface area contributed by atoms with Crippen molar-refractivity contribution in [3.63, 3.8) is 0 Å². The van der Waals surface area contributed by atoms with E-state index in [1.807, 2.05) is 314 Å². The Balaban J connectivity index is 0.00000977. The fourth-order valence-electron chi connectivity index (χ4n) is 12.8. The van der Waals surface area contributed by atoms with Gasteiger partial charge in [0.1, 0.15) is 68.6 Å². The fourth-order valence-corrected chi connectivity index (χ4v) is 12.8. The number of carboxylic acids is 1. The number of nitrogens with zero attached hydrogens (tertiary/aromatic N) is 12. The van der Waals surface area contributed by atoms with Gasteiger partial charge < -0.3 is 77.6 Å². The van der Waals surface area contributed by atoms with Crippen LogP contribution in [0.2, 0.25) is 0 Å². The van der Waals surface area contributed by atoms with E-state index in [-0.39, 0.29) is 48.3 Å². The Morgan fingerprint density at radius 1 is 0.270 bits per heavy atom. The van der Waals surface area contributed by atoms with E-state index in [9.17, 15) is 9.90 Å². The largest absolute Gasteiger partial charge is 2.00 e. The summed E-state index contributed by atoms with van der Waals surface area (Å²) in [5, 5.41) is 12.1. The number of carboxylic acid groups (broad SMARTS) is 1. The van der Waals surface area contributed by atoms with Gasteiger partial charge in [0.05, 0.1) is 5.56 Å². The van der Waals surface area contributed by atoms with Crippen molar-refractivity contribution < 1.29 is 62.5 Å². The van der Waals surface area contributed by atoms with Gasteiger partial charge in [-0.15, -0.1) is 0 Å². The van der Waals surface area contributed by atoms with E-state index in [2.05, 4.69) is 9.97 Å². The minimum atomic E-state index is -1.06. The molecular weight excluding hydrogens is 1450 g/mol. The van der Waals surface area contributed by atoms with Crippen LogP contribution in [-0.4, -0.2) is 136 Å². The van der Waals surface area contributed by atoms with Gasteiger partial charge in [0.25, 0.3) is 0 Å². The molecule has 11 aromatic carbocycles. The van der Waals surface area contributed by atoms with Gasteiger partial charge in [-0.2, -0.15) is 0 Å². The summed E-state index contributed by atoms with van der Waals surface area (Å²) in [6.45, 7) is 0. The van der Waals surface area contributed by atoms with Crippen LogP contribution in [0.5, 0.6) is 80.5 Å². The van der Waals surface area contributed by atoms with Crippen LogP contribution in [0.3, 0.4) is 0 Å². The van der Waals surface area contributed by atoms with Crippen molar-refractivity contribution in [3.05, 3.63) is 230 Å². The van der Waals surface area contributed by atoms with E-state index < -0.39 is 5.97 Å². The molecule has 0 saturated carbocycles. The van der Waals surface area contributed by atoms with Gasteiger partial charge in [0.15, 0.2) is 57.8 Å². The number of anilines is 6. The number of H-pyrrole nitrogens is 2. The van der Waals surface area contributed by atoms with Crippen LogP contribution in [0.25, 0.3) is 89.7 Å². The predicted octanol–water partition coefficient (Wildman–Crippen LogP) is 19.5. The van der Waals surface area contributed by atoms with E-state index in [1.165, 1.54) is 12.1 Å². The molecule has 0 fully saturated rings. The molecule has 3 N–H and O–H groups in total. The van der Waals surface area contributed by atoms with Gasteiger partial charge in [0, 0.05) is 199 Å². The molecule has 0 saturated heterocycles. The molecule has 0 spiro atoms. The Morgan fingerprint density at radius 3 is 0.784 bits per heavy atom. The van der Waals surface area contributed by atoms with Crippen molar-refractivity contribution in [2.45, 2.75) is 0 Å². The molecule has 24 heteroatoms. The molecule has 0 atom stereocenters. The normalized spacial score (nSPS) is 11.2. The maximum Gasteiger partial charge on any atom is 2.00 e. The molecule has 0 unspecified atom stereocenters. The third-order valence-corrected chi connectivity index (χ3v) is 18.7. The molecule has 111 heavy (non-hydrogen) atoms. The Bertz CT molecular complexity index is 6140. The zero-order valence-corrected chi connectivity index (χ0v) is 66.1. The number of aromatic amines is 2. The molecular formula is C87H76N14O9Zn+2. The number of benzene rings is 11. The van der Waals surface area contributed by atoms with Crippen LogP contribution in [0.4, 0.5) is 34.1 Å². The van der Waals surface area contributed by atoms with Crippen LogP contribution in [0.15, 0.2) is 224 Å². The molecule has 2 aliphatic rings. The van der Waals surface area contributed by atoms with Crippen molar-refractivity contribution in [1.29, 1.82) is 0 Å². The number of hydrogen-bond acceptors (Lipinski definition) is 20. The standard InChI is InChI=1S/C87H76N14O9.Zn/c1-96(2)51-19-13-25-58(37-51)105-73-44-67-68(45-74(73)106-59-26-14-20-52(38-59)97(3)4)83-91-81(67)89-79-65-36-35-64(104-57-33-31-50(32-34-57)87(102)103)43-66(65)80(88-79)90-82-69-46-75(107-60-27-15-21-53(39-60)98(5)6)76(108-61-28-16-22-54(40-61)99(7)8)47-70(69)84(92-82)94-86-72-49-78(110-63-30-18-24-56(42-63)101(11)12)77(48-71(72)85(93-83)95-86)109-62-29-17-23-55(41-62)100(9)10;/h13-49H,1-12H3,(H,102,103)(H2,88,89,90,91,92,93,94,95);/q;+2. The first-order chi connectivity index (χ1) is 53.1. The maximum atomic E-state index is 12.0. The van der Waals surface area contributed by atoms with Crippen LogP contribution in [-0.2, 0) is 19.5 Å². The van der Waals surface area contributed by atoms with Crippen molar-refractivity contribution in [2.75, 3.05) is 114 Å². The summed E-state index contributed by atoms with van der Waals surface area (Å²) in [6, 6.07) is 69.9. The van der Waals surface area contributed by atoms with Gasteiger partial charge in [-0.3, -0.25) is 0 Å². The van der Waals surface area contributed by atoms with Gasteiger partial charge in [-0.25, -0.2) is 34.7 Å². The van der Waals surface area contributed by atoms with Crippen LogP contribution in [0, 0.1) is 0 Å². The summed E-state index contributed by atoms with van der Waals surface area (Å²) < 4.78 is 48.4. The number of rotatable bonds is 21. The summed E-state index contributed by atoms with van der Waals surface area (Å²) in [4.78, 5) is 64.3. The molecule has 3 aromatic heterocycles. The number of aromatic nitrogens is 8. The van der Waals surface area contributed by atoms with Crippen LogP contribution in [0.1, 0.15) is 10.4 Å². The van der Waals surface area contributed by atoms with E-state index in [4.69, 9.17) is 63.1 Å². The molecule has 8 bridgehead atoms. The number of nitrogens with one attached hydrogen (secondary N) is 2. The second kappa shape index (κ2) is 30.1. The first-order valence-corrected chi connectivity index (χ1v) is 35.4. The zero-order chi connectivity index (χ0) is 76.2. The molecule has 548 valence electrons. The molecule has 16 rings (SSSR count). The first-order valence-electron chi connectivity index (χ1n) is 35.4. The molecule has 14 aromatic rings. The summed E-state index contributed by atoms with van der Waals surface area (Å²) in [5.41, 5.74) is 9.18. The second-order valence-corrected chi connectivity index (χ2v) is 27.7. The molecule has 5 heterocycles. The van der Waals surface area contributed by atoms with Gasteiger partial charge >= 0.3 is 25.4 Å². The van der Waals surface area contributed by atoms with Crippen molar-refractivity contribution in [1.82, 2.24) is 39.9 Å². The van der Waals surface area contributed by atoms with Crippen molar-refractivity contribution >= 4 is 84.2 Å². The number of ether oxygens (including phenoxy) is 7. The Morgan fingerprint density at radius 2 is 0.514 bits per heavy atom. The smallest absolute Gasteiger partial charge is 0.478 e. The van der Waals surface area contributed by atoms with E-state index in [1.54, 1.807) is 12.1 Å². The SMILES string of the molecule is CN(C)c1cccc(Oc2cc3c(cc2Oc2cccc(N(C)C)c2)-c2nc-3nc3[nH]c(nc4nc(nc5[nH]c(n2)c2cc(Oc6cccc(N(C)C)c6)c(Oc6cccc(N(C)C)c6)cc52)-c2cc(Oc5cccc(N(C)C)c5)c(Oc5cccc(N(C)C)c5)cc2-4)c2cc(Oc4ccc(C(=O)O)cc4)ccc32)c1.[Zn+2].